The summed E-state index contributed by atoms with van der Waals surface area (Å²) in [5.41, 5.74) is 0.000724. The zero-order valence-corrected chi connectivity index (χ0v) is 12.1. The third-order valence-electron chi connectivity index (χ3n) is 5.01. The lowest BCUT2D eigenvalue weighted by molar-refractivity contribution is 0.0449. The number of rotatable bonds is 4. The van der Waals surface area contributed by atoms with Crippen molar-refractivity contribution in [2.24, 2.45) is 5.92 Å². The van der Waals surface area contributed by atoms with Crippen molar-refractivity contribution in [3.05, 3.63) is 0 Å². The Morgan fingerprint density at radius 1 is 1.28 bits per heavy atom. The van der Waals surface area contributed by atoms with Gasteiger partial charge < -0.3 is 15.3 Å². The maximum atomic E-state index is 9.75. The average Bonchev–Trinajstić information content (AvgIpc) is 2.40. The quantitative estimate of drug-likeness (QED) is 0.805. The molecule has 0 aromatic carbocycles. The Morgan fingerprint density at radius 2 is 2.00 bits per heavy atom. The van der Waals surface area contributed by atoms with Crippen molar-refractivity contribution in [2.45, 2.75) is 64.0 Å². The molecule has 0 aromatic rings. The molecule has 1 saturated heterocycles. The van der Waals surface area contributed by atoms with Crippen molar-refractivity contribution >= 4 is 0 Å². The predicted octanol–water partition coefficient (Wildman–Crippen LogP) is 2.00. The van der Waals surface area contributed by atoms with Crippen molar-refractivity contribution in [3.8, 4) is 0 Å². The van der Waals surface area contributed by atoms with E-state index in [9.17, 15) is 5.11 Å². The molecule has 2 atom stereocenters. The third kappa shape index (κ3) is 3.25. The van der Waals surface area contributed by atoms with E-state index in [0.717, 1.165) is 25.3 Å². The molecule has 106 valence electrons. The summed E-state index contributed by atoms with van der Waals surface area (Å²) in [7, 11) is 0. The first-order chi connectivity index (χ1) is 8.69. The van der Waals surface area contributed by atoms with Crippen LogP contribution >= 0.6 is 0 Å². The van der Waals surface area contributed by atoms with Crippen LogP contribution in [0.25, 0.3) is 0 Å². The molecule has 0 aromatic heterocycles. The Morgan fingerprint density at radius 3 is 2.61 bits per heavy atom. The summed E-state index contributed by atoms with van der Waals surface area (Å²) < 4.78 is 0. The molecule has 2 aliphatic rings. The van der Waals surface area contributed by atoms with Gasteiger partial charge in [0, 0.05) is 11.6 Å². The van der Waals surface area contributed by atoms with Gasteiger partial charge in [-0.3, -0.25) is 0 Å². The van der Waals surface area contributed by atoms with Crippen LogP contribution in [0.15, 0.2) is 0 Å². The van der Waals surface area contributed by atoms with Crippen LogP contribution in [0.4, 0.5) is 0 Å². The number of nitrogens with one attached hydrogen (secondary N) is 1. The molecule has 2 fully saturated rings. The SMILES string of the molecule is CCNC1(CO)CCCC(N2CCC(C)CC2)C1. The average molecular weight is 254 g/mol. The van der Waals surface area contributed by atoms with Gasteiger partial charge in [0.25, 0.3) is 0 Å². The first kappa shape index (κ1) is 14.3. The van der Waals surface area contributed by atoms with Gasteiger partial charge in [0.05, 0.1) is 6.61 Å². The molecule has 2 rings (SSSR count). The van der Waals surface area contributed by atoms with E-state index in [2.05, 4.69) is 24.1 Å². The molecule has 1 heterocycles. The van der Waals surface area contributed by atoms with Crippen LogP contribution in [0.1, 0.15) is 52.4 Å². The number of aliphatic hydroxyl groups is 1. The smallest absolute Gasteiger partial charge is 0.0613 e. The fraction of sp³-hybridized carbons (Fsp3) is 1.00. The van der Waals surface area contributed by atoms with Crippen molar-refractivity contribution in [2.75, 3.05) is 26.2 Å². The monoisotopic (exact) mass is 254 g/mol. The van der Waals surface area contributed by atoms with E-state index in [1.54, 1.807) is 0 Å². The Hall–Kier alpha value is -0.120. The summed E-state index contributed by atoms with van der Waals surface area (Å²) in [5, 5.41) is 13.3. The minimum atomic E-state index is 0.000724. The van der Waals surface area contributed by atoms with Crippen molar-refractivity contribution in [1.82, 2.24) is 10.2 Å². The van der Waals surface area contributed by atoms with Crippen LogP contribution in [0.2, 0.25) is 0 Å². The Bertz CT molecular complexity index is 247. The van der Waals surface area contributed by atoms with E-state index in [0.29, 0.717) is 12.6 Å². The maximum absolute atomic E-state index is 9.75. The molecule has 0 radical (unpaired) electrons. The molecule has 1 saturated carbocycles. The molecule has 1 aliphatic carbocycles. The second-order valence-corrected chi connectivity index (χ2v) is 6.44. The number of piperidine rings is 1. The fourth-order valence-corrected chi connectivity index (χ4v) is 3.77. The van der Waals surface area contributed by atoms with E-state index in [1.807, 2.05) is 0 Å². The van der Waals surface area contributed by atoms with Crippen LogP contribution in [-0.2, 0) is 0 Å². The summed E-state index contributed by atoms with van der Waals surface area (Å²) in [5.74, 6) is 0.904. The van der Waals surface area contributed by atoms with Crippen LogP contribution in [0.5, 0.6) is 0 Å². The van der Waals surface area contributed by atoms with Gasteiger partial charge >= 0.3 is 0 Å². The highest BCUT2D eigenvalue weighted by molar-refractivity contribution is 4.96. The van der Waals surface area contributed by atoms with E-state index < -0.39 is 0 Å². The van der Waals surface area contributed by atoms with Gasteiger partial charge in [-0.15, -0.1) is 0 Å². The summed E-state index contributed by atoms with van der Waals surface area (Å²) >= 11 is 0. The molecule has 18 heavy (non-hydrogen) atoms. The summed E-state index contributed by atoms with van der Waals surface area (Å²) in [6.07, 6.45) is 7.54. The zero-order valence-electron chi connectivity index (χ0n) is 12.1. The molecular formula is C15H30N2O. The van der Waals surface area contributed by atoms with Crippen LogP contribution in [0, 0.1) is 5.92 Å². The van der Waals surface area contributed by atoms with Gasteiger partial charge in [-0.25, -0.2) is 0 Å². The summed E-state index contributed by atoms with van der Waals surface area (Å²) in [6, 6.07) is 0.692. The van der Waals surface area contributed by atoms with Crippen LogP contribution < -0.4 is 5.32 Å². The molecule has 0 amide bonds. The Kier molecular flexibility index (Phi) is 5.05. The first-order valence-electron chi connectivity index (χ1n) is 7.79. The standard InChI is InChI=1S/C15H30N2O/c1-3-16-15(12-18)8-4-5-14(11-15)17-9-6-13(2)7-10-17/h13-14,16,18H,3-12H2,1-2H3. The van der Waals surface area contributed by atoms with Crippen LogP contribution in [0.3, 0.4) is 0 Å². The molecule has 0 spiro atoms. The zero-order chi connectivity index (χ0) is 13.0. The lowest BCUT2D eigenvalue weighted by Crippen LogP contribution is -2.56. The van der Waals surface area contributed by atoms with Gasteiger partial charge in [-0.05, 0) is 64.1 Å². The van der Waals surface area contributed by atoms with Crippen molar-refractivity contribution in [1.29, 1.82) is 0 Å². The number of likely N-dealkylation sites (N-methyl/N-ethyl adjacent to an activating group) is 1. The van der Waals surface area contributed by atoms with Gasteiger partial charge in [-0.2, -0.15) is 0 Å². The molecular weight excluding hydrogens is 224 g/mol. The molecule has 0 bridgehead atoms. The summed E-state index contributed by atoms with van der Waals surface area (Å²) in [6.45, 7) is 8.29. The molecule has 3 nitrogen and oxygen atoms in total. The van der Waals surface area contributed by atoms with Crippen molar-refractivity contribution in [3.63, 3.8) is 0 Å². The minimum absolute atomic E-state index is 0.000724. The largest absolute Gasteiger partial charge is 0.394 e. The minimum Gasteiger partial charge on any atom is -0.394 e. The lowest BCUT2D eigenvalue weighted by atomic mass is 9.78. The fourth-order valence-electron chi connectivity index (χ4n) is 3.77. The van der Waals surface area contributed by atoms with E-state index in [-0.39, 0.29) is 5.54 Å². The van der Waals surface area contributed by atoms with E-state index in [1.165, 1.54) is 38.8 Å². The molecule has 2 N–H and O–H groups in total. The van der Waals surface area contributed by atoms with Gasteiger partial charge in [0.1, 0.15) is 0 Å². The number of aliphatic hydroxyl groups excluding tert-OH is 1. The Balaban J connectivity index is 1.93. The second-order valence-electron chi connectivity index (χ2n) is 6.44. The number of hydrogen-bond donors (Lipinski definition) is 2. The highest BCUT2D eigenvalue weighted by atomic mass is 16.3. The van der Waals surface area contributed by atoms with Gasteiger partial charge in [-0.1, -0.05) is 13.8 Å². The lowest BCUT2D eigenvalue weighted by Gasteiger charge is -2.46. The summed E-state index contributed by atoms with van der Waals surface area (Å²) in [4.78, 5) is 2.68. The van der Waals surface area contributed by atoms with Gasteiger partial charge in [0.2, 0.25) is 0 Å². The Labute approximate surface area is 112 Å². The number of hydrogen-bond acceptors (Lipinski definition) is 3. The number of likely N-dealkylation sites (tertiary alicyclic amines) is 1. The molecule has 2 unspecified atom stereocenters. The van der Waals surface area contributed by atoms with E-state index >= 15 is 0 Å². The predicted molar refractivity (Wildman–Crippen MR) is 75.7 cm³/mol. The topological polar surface area (TPSA) is 35.5 Å². The highest BCUT2D eigenvalue weighted by Crippen LogP contribution is 2.32. The van der Waals surface area contributed by atoms with Crippen molar-refractivity contribution < 1.29 is 5.11 Å². The van der Waals surface area contributed by atoms with Gasteiger partial charge in [0.15, 0.2) is 0 Å². The first-order valence-corrected chi connectivity index (χ1v) is 7.79. The van der Waals surface area contributed by atoms with E-state index in [4.69, 9.17) is 0 Å². The second kappa shape index (κ2) is 6.36. The number of nitrogens with zero attached hydrogens (tertiary/aromatic N) is 1. The normalized spacial score (nSPS) is 35.8. The highest BCUT2D eigenvalue weighted by Gasteiger charge is 2.37. The molecule has 1 aliphatic heterocycles. The third-order valence-corrected chi connectivity index (χ3v) is 5.01. The maximum Gasteiger partial charge on any atom is 0.0613 e. The molecule has 3 heteroatoms. The van der Waals surface area contributed by atoms with Crippen LogP contribution in [-0.4, -0.2) is 47.8 Å².